The van der Waals surface area contributed by atoms with Gasteiger partial charge in [-0.2, -0.15) is 20.3 Å². The van der Waals surface area contributed by atoms with Gasteiger partial charge in [-0.15, -0.1) is 5.10 Å². The third kappa shape index (κ3) is 3.46. The lowest BCUT2D eigenvalue weighted by molar-refractivity contribution is 0.298. The Morgan fingerprint density at radius 2 is 1.96 bits per heavy atom. The van der Waals surface area contributed by atoms with Crippen molar-refractivity contribution in [2.45, 2.75) is 19.9 Å². The van der Waals surface area contributed by atoms with Crippen LogP contribution in [-0.2, 0) is 0 Å². The average Bonchev–Trinajstić information content (AvgIpc) is 3.03. The first-order valence-corrected chi connectivity index (χ1v) is 8.36. The molecule has 0 aliphatic rings. The molecule has 3 rings (SSSR count). The molecule has 0 radical (unpaired) electrons. The number of rotatable bonds is 6. The highest BCUT2D eigenvalue weighted by Gasteiger charge is 2.18. The van der Waals surface area contributed by atoms with Crippen LogP contribution in [0.2, 0.25) is 0 Å². The molecule has 2 heterocycles. The maximum absolute atomic E-state index is 9.30. The summed E-state index contributed by atoms with van der Waals surface area (Å²) in [6.45, 7) is 4.51. The number of aliphatic hydroxyl groups excluding tert-OH is 1. The lowest BCUT2D eigenvalue weighted by Gasteiger charge is -2.26. The van der Waals surface area contributed by atoms with Crippen molar-refractivity contribution in [2.24, 2.45) is 0 Å². The Labute approximate surface area is 147 Å². The van der Waals surface area contributed by atoms with Gasteiger partial charge in [-0.05, 0) is 38.1 Å². The lowest BCUT2D eigenvalue weighted by Crippen LogP contribution is -2.35. The van der Waals surface area contributed by atoms with E-state index in [0.717, 1.165) is 10.2 Å². The van der Waals surface area contributed by atoms with Crippen LogP contribution in [0.4, 0.5) is 17.5 Å². The largest absolute Gasteiger partial charge is 0.395 e. The number of hydrogen-bond acceptors (Lipinski definition) is 7. The minimum atomic E-state index is 0.0217. The number of aliphatic hydroxyl groups is 1. The van der Waals surface area contributed by atoms with Crippen molar-refractivity contribution in [3.05, 3.63) is 28.7 Å². The minimum Gasteiger partial charge on any atom is -0.395 e. The van der Waals surface area contributed by atoms with Gasteiger partial charge < -0.3 is 15.3 Å². The normalized spacial score (nSPS) is 11.2. The fourth-order valence-electron chi connectivity index (χ4n) is 2.32. The molecule has 0 saturated heterocycles. The van der Waals surface area contributed by atoms with Gasteiger partial charge in [0.2, 0.25) is 11.6 Å². The summed E-state index contributed by atoms with van der Waals surface area (Å²) in [5.41, 5.74) is 1.92. The SMILES string of the molecule is CC(C)N(CCO)c1nc(Nc2ccc(Br)cc2)c2n[nH]nc2n1. The van der Waals surface area contributed by atoms with Gasteiger partial charge in [-0.1, -0.05) is 15.9 Å². The highest BCUT2D eigenvalue weighted by Crippen LogP contribution is 2.25. The number of nitrogens with one attached hydrogen (secondary N) is 2. The number of fused-ring (bicyclic) bond motifs is 1. The van der Waals surface area contributed by atoms with Crippen molar-refractivity contribution >= 4 is 44.5 Å². The quantitative estimate of drug-likeness (QED) is 0.592. The van der Waals surface area contributed by atoms with E-state index in [9.17, 15) is 5.11 Å². The van der Waals surface area contributed by atoms with Crippen molar-refractivity contribution in [1.29, 1.82) is 0 Å². The van der Waals surface area contributed by atoms with Gasteiger partial charge in [0.15, 0.2) is 11.3 Å². The van der Waals surface area contributed by atoms with Crippen molar-refractivity contribution in [3.63, 3.8) is 0 Å². The molecule has 0 fully saturated rings. The van der Waals surface area contributed by atoms with Crippen molar-refractivity contribution in [1.82, 2.24) is 25.4 Å². The second-order valence-corrected chi connectivity index (χ2v) is 6.43. The number of halogens is 1. The standard InChI is InChI=1S/C15H18BrN7O/c1-9(2)23(7-8-24)15-18-13(12-14(19-15)21-22-20-12)17-11-5-3-10(16)4-6-11/h3-6,9,24H,7-8H2,1-2H3,(H2,17,18,19,20,21,22). The van der Waals surface area contributed by atoms with Crippen molar-refractivity contribution < 1.29 is 5.11 Å². The fraction of sp³-hybridized carbons (Fsp3) is 0.333. The van der Waals surface area contributed by atoms with Crippen LogP contribution in [0.3, 0.4) is 0 Å². The Kier molecular flexibility index (Phi) is 4.91. The molecule has 1 aromatic carbocycles. The number of aromatic nitrogens is 5. The summed E-state index contributed by atoms with van der Waals surface area (Å²) in [5.74, 6) is 1.06. The Morgan fingerprint density at radius 3 is 2.62 bits per heavy atom. The molecule has 0 aliphatic heterocycles. The second-order valence-electron chi connectivity index (χ2n) is 5.51. The van der Waals surface area contributed by atoms with E-state index in [0.29, 0.717) is 29.5 Å². The molecule has 126 valence electrons. The van der Waals surface area contributed by atoms with E-state index < -0.39 is 0 Å². The summed E-state index contributed by atoms with van der Waals surface area (Å²) in [4.78, 5) is 11.0. The summed E-state index contributed by atoms with van der Waals surface area (Å²) in [6.07, 6.45) is 0. The zero-order chi connectivity index (χ0) is 17.1. The number of benzene rings is 1. The van der Waals surface area contributed by atoms with Crippen LogP contribution in [0, 0.1) is 0 Å². The number of hydrogen-bond donors (Lipinski definition) is 3. The summed E-state index contributed by atoms with van der Waals surface area (Å²) in [5, 5.41) is 23.3. The van der Waals surface area contributed by atoms with Gasteiger partial charge in [0.05, 0.1) is 6.61 Å². The number of aromatic amines is 1. The first kappa shape index (κ1) is 16.6. The zero-order valence-corrected chi connectivity index (χ0v) is 14.9. The molecule has 0 saturated carbocycles. The van der Waals surface area contributed by atoms with Gasteiger partial charge in [-0.3, -0.25) is 0 Å². The van der Waals surface area contributed by atoms with Gasteiger partial charge >= 0.3 is 0 Å². The van der Waals surface area contributed by atoms with E-state index in [-0.39, 0.29) is 12.6 Å². The van der Waals surface area contributed by atoms with Gasteiger partial charge in [-0.25, -0.2) is 0 Å². The molecule has 3 N–H and O–H groups in total. The molecule has 9 heteroatoms. The number of H-pyrrole nitrogens is 1. The van der Waals surface area contributed by atoms with Crippen molar-refractivity contribution in [3.8, 4) is 0 Å². The molecule has 0 atom stereocenters. The molecular formula is C15H18BrN7O. The first-order valence-electron chi connectivity index (χ1n) is 7.57. The molecule has 0 amide bonds. The van der Waals surface area contributed by atoms with Crippen LogP contribution >= 0.6 is 15.9 Å². The molecular weight excluding hydrogens is 374 g/mol. The van der Waals surface area contributed by atoms with E-state index in [2.05, 4.69) is 46.6 Å². The predicted molar refractivity (Wildman–Crippen MR) is 96.5 cm³/mol. The summed E-state index contributed by atoms with van der Waals surface area (Å²) in [6, 6.07) is 7.90. The maximum atomic E-state index is 9.30. The van der Waals surface area contributed by atoms with Crippen LogP contribution < -0.4 is 10.2 Å². The van der Waals surface area contributed by atoms with Crippen LogP contribution in [0.5, 0.6) is 0 Å². The molecule has 0 unspecified atom stereocenters. The average molecular weight is 392 g/mol. The van der Waals surface area contributed by atoms with Crippen molar-refractivity contribution in [2.75, 3.05) is 23.4 Å². The maximum Gasteiger partial charge on any atom is 0.229 e. The van der Waals surface area contributed by atoms with E-state index in [4.69, 9.17) is 0 Å². The monoisotopic (exact) mass is 391 g/mol. The topological polar surface area (TPSA) is 103 Å². The third-order valence-corrected chi connectivity index (χ3v) is 4.03. The Morgan fingerprint density at radius 1 is 1.21 bits per heavy atom. The highest BCUT2D eigenvalue weighted by molar-refractivity contribution is 9.10. The van der Waals surface area contributed by atoms with Gasteiger partial charge in [0.1, 0.15) is 0 Å². The van der Waals surface area contributed by atoms with Crippen LogP contribution in [0.1, 0.15) is 13.8 Å². The predicted octanol–water partition coefficient (Wildman–Crippen LogP) is 2.46. The molecule has 0 aliphatic carbocycles. The summed E-state index contributed by atoms with van der Waals surface area (Å²) >= 11 is 3.42. The van der Waals surface area contributed by atoms with E-state index >= 15 is 0 Å². The molecule has 0 spiro atoms. The Balaban J connectivity index is 2.02. The third-order valence-electron chi connectivity index (χ3n) is 3.50. The summed E-state index contributed by atoms with van der Waals surface area (Å²) < 4.78 is 0.997. The van der Waals surface area contributed by atoms with Crippen LogP contribution in [0.25, 0.3) is 11.2 Å². The molecule has 2 aromatic heterocycles. The van der Waals surface area contributed by atoms with Gasteiger partial charge in [0.25, 0.3) is 0 Å². The van der Waals surface area contributed by atoms with Crippen LogP contribution in [-0.4, -0.2) is 49.7 Å². The molecule has 24 heavy (non-hydrogen) atoms. The Bertz CT molecular complexity index is 818. The number of nitrogens with zero attached hydrogens (tertiary/aromatic N) is 5. The zero-order valence-electron chi connectivity index (χ0n) is 13.4. The van der Waals surface area contributed by atoms with E-state index in [1.165, 1.54) is 0 Å². The lowest BCUT2D eigenvalue weighted by atomic mass is 10.3. The first-order chi connectivity index (χ1) is 11.6. The summed E-state index contributed by atoms with van der Waals surface area (Å²) in [7, 11) is 0. The fourth-order valence-corrected chi connectivity index (χ4v) is 2.58. The molecule has 3 aromatic rings. The Hall–Kier alpha value is -2.26. The smallest absolute Gasteiger partial charge is 0.229 e. The minimum absolute atomic E-state index is 0.0217. The van der Waals surface area contributed by atoms with E-state index in [1.807, 2.05) is 43.0 Å². The van der Waals surface area contributed by atoms with Crippen LogP contribution in [0.15, 0.2) is 28.7 Å². The second kappa shape index (κ2) is 7.10. The van der Waals surface area contributed by atoms with Gasteiger partial charge in [0, 0.05) is 22.7 Å². The van der Waals surface area contributed by atoms with E-state index in [1.54, 1.807) is 0 Å². The molecule has 8 nitrogen and oxygen atoms in total. The highest BCUT2D eigenvalue weighted by atomic mass is 79.9. The number of anilines is 3. The molecule has 0 bridgehead atoms.